The highest BCUT2D eigenvalue weighted by Crippen LogP contribution is 2.22. The lowest BCUT2D eigenvalue weighted by Crippen LogP contribution is -2.31. The van der Waals surface area contributed by atoms with E-state index in [0.717, 1.165) is 5.56 Å². The fraction of sp³-hybridized carbons (Fsp3) is 0.278. The molecule has 144 valence electrons. The smallest absolute Gasteiger partial charge is 0.422 e. The average Bonchev–Trinajstić information content (AvgIpc) is 2.59. The second-order valence-electron chi connectivity index (χ2n) is 5.75. The Hall–Kier alpha value is -3.10. The number of carbonyl (C=O) groups excluding carboxylic acids is 1. The third-order valence-electron chi connectivity index (χ3n) is 3.59. The summed E-state index contributed by atoms with van der Waals surface area (Å²) in [7, 11) is 0. The Labute approximate surface area is 153 Å². The summed E-state index contributed by atoms with van der Waals surface area (Å²) in [4.78, 5) is 27.3. The lowest BCUT2D eigenvalue weighted by atomic mass is 9.98. The minimum atomic E-state index is -4.53. The van der Waals surface area contributed by atoms with E-state index in [0.29, 0.717) is 5.56 Å². The number of hydrogen-bond acceptors (Lipinski definition) is 4. The SMILES string of the molecule is Cc1ccccc1C(CC(=O)O)NC(=O)c1cccc(OCC(F)(F)F)n1. The molecule has 2 N–H and O–H groups in total. The number of amides is 1. The molecule has 0 aliphatic heterocycles. The molecule has 1 aromatic carbocycles. The maximum absolute atomic E-state index is 12.4. The lowest BCUT2D eigenvalue weighted by molar-refractivity contribution is -0.154. The molecule has 2 rings (SSSR count). The number of aromatic nitrogens is 1. The van der Waals surface area contributed by atoms with E-state index in [2.05, 4.69) is 15.0 Å². The summed E-state index contributed by atoms with van der Waals surface area (Å²) in [5.41, 5.74) is 1.23. The predicted molar refractivity (Wildman–Crippen MR) is 89.4 cm³/mol. The first-order chi connectivity index (χ1) is 12.7. The highest BCUT2D eigenvalue weighted by atomic mass is 19.4. The van der Waals surface area contributed by atoms with Crippen LogP contribution in [0, 0.1) is 6.92 Å². The molecule has 0 saturated heterocycles. The molecule has 9 heteroatoms. The summed E-state index contributed by atoms with van der Waals surface area (Å²) in [6.45, 7) is 0.246. The third kappa shape index (κ3) is 6.28. The first-order valence-corrected chi connectivity index (χ1v) is 7.90. The molecule has 1 atom stereocenters. The van der Waals surface area contributed by atoms with Gasteiger partial charge in [0.25, 0.3) is 5.91 Å². The van der Waals surface area contributed by atoms with Crippen molar-refractivity contribution in [1.82, 2.24) is 10.3 Å². The van der Waals surface area contributed by atoms with Crippen LogP contribution in [-0.2, 0) is 4.79 Å². The topological polar surface area (TPSA) is 88.5 Å². The van der Waals surface area contributed by atoms with Crippen molar-refractivity contribution >= 4 is 11.9 Å². The van der Waals surface area contributed by atoms with E-state index >= 15 is 0 Å². The van der Waals surface area contributed by atoms with E-state index in [1.165, 1.54) is 18.2 Å². The van der Waals surface area contributed by atoms with Crippen molar-refractivity contribution in [3.05, 3.63) is 59.3 Å². The molecule has 6 nitrogen and oxygen atoms in total. The van der Waals surface area contributed by atoms with Gasteiger partial charge >= 0.3 is 12.1 Å². The van der Waals surface area contributed by atoms with Crippen molar-refractivity contribution in [2.45, 2.75) is 25.6 Å². The Morgan fingerprint density at radius 3 is 2.52 bits per heavy atom. The second kappa shape index (κ2) is 8.52. The quantitative estimate of drug-likeness (QED) is 0.767. The minimum Gasteiger partial charge on any atom is -0.481 e. The van der Waals surface area contributed by atoms with Crippen LogP contribution < -0.4 is 10.1 Å². The number of ether oxygens (including phenoxy) is 1. The Balaban J connectivity index is 2.17. The summed E-state index contributed by atoms with van der Waals surface area (Å²) < 4.78 is 41.2. The Morgan fingerprint density at radius 2 is 1.89 bits per heavy atom. The number of aliphatic carboxylic acids is 1. The summed E-state index contributed by atoms with van der Waals surface area (Å²) in [6, 6.07) is 9.96. The molecular formula is C18H17F3N2O4. The molecule has 1 amide bonds. The van der Waals surface area contributed by atoms with Crippen molar-refractivity contribution in [3.8, 4) is 5.88 Å². The first-order valence-electron chi connectivity index (χ1n) is 7.90. The number of alkyl halides is 3. The second-order valence-corrected chi connectivity index (χ2v) is 5.75. The van der Waals surface area contributed by atoms with Crippen LogP contribution in [0.2, 0.25) is 0 Å². The first kappa shape index (κ1) is 20.2. The molecule has 1 heterocycles. The summed E-state index contributed by atoms with van der Waals surface area (Å²) in [5.74, 6) is -2.19. The van der Waals surface area contributed by atoms with Gasteiger partial charge < -0.3 is 15.2 Å². The van der Waals surface area contributed by atoms with E-state index < -0.39 is 30.7 Å². The molecule has 0 aliphatic rings. The molecule has 0 radical (unpaired) electrons. The van der Waals surface area contributed by atoms with Crippen molar-refractivity contribution in [3.63, 3.8) is 0 Å². The number of carboxylic acid groups (broad SMARTS) is 1. The summed E-state index contributed by atoms with van der Waals surface area (Å²) in [6.07, 6.45) is -4.89. The van der Waals surface area contributed by atoms with Crippen LogP contribution in [0.1, 0.15) is 34.1 Å². The highest BCUT2D eigenvalue weighted by molar-refractivity contribution is 5.93. The Kier molecular flexibility index (Phi) is 6.38. The van der Waals surface area contributed by atoms with E-state index in [4.69, 9.17) is 5.11 Å². The monoisotopic (exact) mass is 382 g/mol. The number of carboxylic acids is 1. The molecule has 0 spiro atoms. The van der Waals surface area contributed by atoms with Crippen LogP contribution in [0.5, 0.6) is 5.88 Å². The normalized spacial score (nSPS) is 12.3. The molecule has 0 bridgehead atoms. The van der Waals surface area contributed by atoms with Crippen molar-refractivity contribution in [1.29, 1.82) is 0 Å². The van der Waals surface area contributed by atoms with Crippen LogP contribution >= 0.6 is 0 Å². The van der Waals surface area contributed by atoms with E-state index in [1.807, 2.05) is 0 Å². The number of nitrogens with one attached hydrogen (secondary N) is 1. The van der Waals surface area contributed by atoms with Crippen LogP contribution in [0.25, 0.3) is 0 Å². The number of halogens is 3. The highest BCUT2D eigenvalue weighted by Gasteiger charge is 2.29. The molecule has 1 unspecified atom stereocenters. The van der Waals surface area contributed by atoms with Gasteiger partial charge in [0.15, 0.2) is 6.61 Å². The largest absolute Gasteiger partial charge is 0.481 e. The van der Waals surface area contributed by atoms with Gasteiger partial charge in [-0.15, -0.1) is 0 Å². The summed E-state index contributed by atoms with van der Waals surface area (Å²) >= 11 is 0. The number of rotatable bonds is 7. The number of aryl methyl sites for hydroxylation is 1. The van der Waals surface area contributed by atoms with Crippen molar-refractivity contribution < 1.29 is 32.6 Å². The van der Waals surface area contributed by atoms with Crippen LogP contribution in [0.3, 0.4) is 0 Å². The molecule has 0 saturated carbocycles. The van der Waals surface area contributed by atoms with Gasteiger partial charge in [-0.25, -0.2) is 4.98 Å². The molecule has 2 aromatic rings. The van der Waals surface area contributed by atoms with Gasteiger partial charge in [0.2, 0.25) is 5.88 Å². The average molecular weight is 382 g/mol. The van der Waals surface area contributed by atoms with Gasteiger partial charge in [-0.1, -0.05) is 30.3 Å². The van der Waals surface area contributed by atoms with Crippen LogP contribution in [0.15, 0.2) is 42.5 Å². The van der Waals surface area contributed by atoms with Gasteiger partial charge in [-0.3, -0.25) is 9.59 Å². The van der Waals surface area contributed by atoms with Crippen LogP contribution in [-0.4, -0.2) is 34.8 Å². The Bertz CT molecular complexity index is 824. The van der Waals surface area contributed by atoms with E-state index in [1.54, 1.807) is 31.2 Å². The lowest BCUT2D eigenvalue weighted by Gasteiger charge is -2.19. The van der Waals surface area contributed by atoms with Crippen molar-refractivity contribution in [2.24, 2.45) is 0 Å². The van der Waals surface area contributed by atoms with Gasteiger partial charge in [0.05, 0.1) is 12.5 Å². The van der Waals surface area contributed by atoms with Gasteiger partial charge in [-0.05, 0) is 24.1 Å². The number of carbonyl (C=O) groups is 2. The maximum atomic E-state index is 12.4. The maximum Gasteiger partial charge on any atom is 0.422 e. The standard InChI is InChI=1S/C18H17F3N2O4/c1-11-5-2-3-6-12(11)14(9-16(24)25)23-17(26)13-7-4-8-15(22-13)27-10-18(19,20)21/h2-8,14H,9-10H2,1H3,(H,23,26)(H,24,25). The van der Waals surface area contributed by atoms with Gasteiger partial charge in [0, 0.05) is 6.07 Å². The summed E-state index contributed by atoms with van der Waals surface area (Å²) in [5, 5.41) is 11.7. The molecule has 0 aliphatic carbocycles. The fourth-order valence-electron chi connectivity index (χ4n) is 2.40. The number of hydrogen-bond donors (Lipinski definition) is 2. The fourth-order valence-corrected chi connectivity index (χ4v) is 2.40. The number of pyridine rings is 1. The molecule has 0 fully saturated rings. The van der Waals surface area contributed by atoms with Crippen molar-refractivity contribution in [2.75, 3.05) is 6.61 Å². The van der Waals surface area contributed by atoms with Gasteiger partial charge in [0.1, 0.15) is 5.69 Å². The third-order valence-corrected chi connectivity index (χ3v) is 3.59. The van der Waals surface area contributed by atoms with E-state index in [9.17, 15) is 22.8 Å². The zero-order valence-corrected chi connectivity index (χ0v) is 14.3. The minimum absolute atomic E-state index is 0.182. The zero-order chi connectivity index (χ0) is 20.0. The molecule has 27 heavy (non-hydrogen) atoms. The van der Waals surface area contributed by atoms with Gasteiger partial charge in [-0.2, -0.15) is 13.2 Å². The molecule has 1 aromatic heterocycles. The van der Waals surface area contributed by atoms with E-state index in [-0.39, 0.29) is 18.0 Å². The predicted octanol–water partition coefficient (Wildman–Crippen LogP) is 3.28. The molecular weight excluding hydrogens is 365 g/mol. The Morgan fingerprint density at radius 1 is 1.19 bits per heavy atom. The number of benzene rings is 1. The zero-order valence-electron chi connectivity index (χ0n) is 14.3. The number of nitrogens with zero attached hydrogens (tertiary/aromatic N) is 1. The van der Waals surface area contributed by atoms with Crippen LogP contribution in [0.4, 0.5) is 13.2 Å².